The van der Waals surface area contributed by atoms with Gasteiger partial charge < -0.3 is 20.5 Å². The number of alkyl halides is 4. The minimum Gasteiger partial charge on any atom is -0.482 e. The summed E-state index contributed by atoms with van der Waals surface area (Å²) in [5.74, 6) is -4.70. The standard InChI is InChI=1S/C23H27F5N4O3/c1-4-5-14(24)8-16(34-10-17(25)26)20(29)35-15-6-7-18-30-19(13(2)32(18)9-15)21(33)31-22(3)11-23(27,28)12-22/h6-9,17H,4-5,10-12,29H2,1-3H3,(H,31,33)/b14-8+,20-16-. The molecule has 1 aliphatic rings. The lowest BCUT2D eigenvalue weighted by Crippen LogP contribution is -2.60. The van der Waals surface area contributed by atoms with E-state index in [-0.39, 0.29) is 23.6 Å². The molecule has 2 heterocycles. The van der Waals surface area contributed by atoms with E-state index in [0.29, 0.717) is 17.8 Å². The molecule has 1 aliphatic carbocycles. The van der Waals surface area contributed by atoms with Crippen LogP contribution in [0.3, 0.4) is 0 Å². The van der Waals surface area contributed by atoms with Gasteiger partial charge in [0.2, 0.25) is 5.88 Å². The fraction of sp³-hybridized carbons (Fsp3) is 0.478. The molecule has 12 heteroatoms. The fourth-order valence-electron chi connectivity index (χ4n) is 3.90. The van der Waals surface area contributed by atoms with E-state index < -0.39 is 55.0 Å². The van der Waals surface area contributed by atoms with Gasteiger partial charge in [0.15, 0.2) is 5.76 Å². The van der Waals surface area contributed by atoms with Crippen LogP contribution in [0.5, 0.6) is 5.75 Å². The second-order valence-corrected chi connectivity index (χ2v) is 8.74. The maximum Gasteiger partial charge on any atom is 0.272 e. The first-order valence-electron chi connectivity index (χ1n) is 11.0. The molecule has 0 atom stereocenters. The number of hydrogen-bond acceptors (Lipinski definition) is 5. The fourth-order valence-corrected chi connectivity index (χ4v) is 3.90. The molecule has 35 heavy (non-hydrogen) atoms. The normalized spacial score (nSPS) is 17.7. The van der Waals surface area contributed by atoms with Crippen LogP contribution in [0.1, 0.15) is 55.7 Å². The molecule has 3 rings (SSSR count). The van der Waals surface area contributed by atoms with Crippen molar-refractivity contribution < 1.29 is 36.2 Å². The van der Waals surface area contributed by atoms with Crippen LogP contribution >= 0.6 is 0 Å². The average Bonchev–Trinajstić information content (AvgIpc) is 3.05. The number of amides is 1. The van der Waals surface area contributed by atoms with Crippen LogP contribution in [-0.4, -0.2) is 39.8 Å². The molecule has 0 radical (unpaired) electrons. The Kier molecular flexibility index (Phi) is 7.61. The first-order valence-corrected chi connectivity index (χ1v) is 11.0. The van der Waals surface area contributed by atoms with Gasteiger partial charge >= 0.3 is 0 Å². The summed E-state index contributed by atoms with van der Waals surface area (Å²) in [6, 6.07) is 2.97. The second-order valence-electron chi connectivity index (χ2n) is 8.74. The molecule has 7 nitrogen and oxygen atoms in total. The predicted molar refractivity (Wildman–Crippen MR) is 118 cm³/mol. The number of nitrogens with one attached hydrogen (secondary N) is 1. The van der Waals surface area contributed by atoms with Crippen molar-refractivity contribution in [3.05, 3.63) is 53.3 Å². The smallest absolute Gasteiger partial charge is 0.272 e. The topological polar surface area (TPSA) is 90.9 Å². The van der Waals surface area contributed by atoms with Gasteiger partial charge in [-0.05, 0) is 38.8 Å². The van der Waals surface area contributed by atoms with Crippen molar-refractivity contribution in [2.45, 2.75) is 64.3 Å². The van der Waals surface area contributed by atoms with E-state index in [4.69, 9.17) is 15.2 Å². The summed E-state index contributed by atoms with van der Waals surface area (Å²) in [7, 11) is 0. The van der Waals surface area contributed by atoms with Gasteiger partial charge in [0.05, 0.1) is 11.9 Å². The molecule has 2 aromatic heterocycles. The number of rotatable bonds is 10. The number of halogens is 5. The van der Waals surface area contributed by atoms with Crippen molar-refractivity contribution in [3.8, 4) is 5.75 Å². The Bertz CT molecular complexity index is 1150. The van der Waals surface area contributed by atoms with E-state index in [0.717, 1.165) is 6.08 Å². The van der Waals surface area contributed by atoms with Gasteiger partial charge in [0, 0.05) is 24.5 Å². The molecule has 0 saturated heterocycles. The lowest BCUT2D eigenvalue weighted by atomic mass is 9.75. The predicted octanol–water partition coefficient (Wildman–Crippen LogP) is 5.00. The minimum absolute atomic E-state index is 0.0487. The molecule has 0 aliphatic heterocycles. The number of nitrogens with zero attached hydrogens (tertiary/aromatic N) is 2. The summed E-state index contributed by atoms with van der Waals surface area (Å²) in [4.78, 5) is 16.9. The zero-order valence-corrected chi connectivity index (χ0v) is 19.5. The van der Waals surface area contributed by atoms with Crippen LogP contribution in [0.25, 0.3) is 5.65 Å². The van der Waals surface area contributed by atoms with Gasteiger partial charge in [0.1, 0.15) is 29.5 Å². The number of aromatic nitrogens is 2. The molecule has 192 valence electrons. The molecule has 1 amide bonds. The number of imidazole rings is 1. The number of carbonyl (C=O) groups is 1. The van der Waals surface area contributed by atoms with E-state index in [9.17, 15) is 26.7 Å². The van der Waals surface area contributed by atoms with E-state index >= 15 is 0 Å². The first kappa shape index (κ1) is 26.3. The molecule has 0 aromatic carbocycles. The maximum absolute atomic E-state index is 14.0. The quantitative estimate of drug-likeness (QED) is 0.271. The van der Waals surface area contributed by atoms with Crippen LogP contribution < -0.4 is 15.8 Å². The van der Waals surface area contributed by atoms with Gasteiger partial charge in [-0.2, -0.15) is 0 Å². The highest BCUT2D eigenvalue weighted by Gasteiger charge is 2.54. The number of allylic oxidation sites excluding steroid dienone is 2. The molecule has 1 fully saturated rings. The first-order chi connectivity index (χ1) is 16.3. The molecule has 3 N–H and O–H groups in total. The van der Waals surface area contributed by atoms with Crippen LogP contribution in [0.2, 0.25) is 0 Å². The van der Waals surface area contributed by atoms with Gasteiger partial charge in [-0.1, -0.05) is 6.92 Å². The Morgan fingerprint density at radius 3 is 2.63 bits per heavy atom. The Morgan fingerprint density at radius 2 is 2.03 bits per heavy atom. The highest BCUT2D eigenvalue weighted by molar-refractivity contribution is 5.95. The van der Waals surface area contributed by atoms with Gasteiger partial charge in [0.25, 0.3) is 18.3 Å². The van der Waals surface area contributed by atoms with E-state index in [2.05, 4.69) is 10.3 Å². The molecule has 2 aromatic rings. The van der Waals surface area contributed by atoms with Gasteiger partial charge in [-0.15, -0.1) is 0 Å². The molecule has 0 spiro atoms. The van der Waals surface area contributed by atoms with Crippen molar-refractivity contribution >= 4 is 11.6 Å². The maximum atomic E-state index is 14.0. The number of hydrogen-bond donors (Lipinski definition) is 2. The van der Waals surface area contributed by atoms with Crippen molar-refractivity contribution in [1.82, 2.24) is 14.7 Å². The van der Waals surface area contributed by atoms with Gasteiger partial charge in [-0.3, -0.25) is 9.20 Å². The van der Waals surface area contributed by atoms with Crippen LogP contribution in [0.4, 0.5) is 22.0 Å². The SMILES string of the molecule is CCC/C(F)=C\C(OCC(F)F)=C(/N)Oc1ccc2nc(C(=O)NC3(C)CC(F)(F)C3)c(C)n2c1. The zero-order chi connectivity index (χ0) is 26.0. The Labute approximate surface area is 198 Å². The van der Waals surface area contributed by atoms with Crippen molar-refractivity contribution in [2.24, 2.45) is 5.73 Å². The van der Waals surface area contributed by atoms with E-state index in [1.165, 1.54) is 22.7 Å². The summed E-state index contributed by atoms with van der Waals surface area (Å²) < 4.78 is 77.6. The zero-order valence-electron chi connectivity index (χ0n) is 19.5. The monoisotopic (exact) mass is 502 g/mol. The van der Waals surface area contributed by atoms with Crippen molar-refractivity contribution in [1.29, 1.82) is 0 Å². The Balaban J connectivity index is 1.83. The van der Waals surface area contributed by atoms with Crippen molar-refractivity contribution in [3.63, 3.8) is 0 Å². The summed E-state index contributed by atoms with van der Waals surface area (Å²) in [6.07, 6.45) is -0.818. The third-order valence-corrected chi connectivity index (χ3v) is 5.37. The summed E-state index contributed by atoms with van der Waals surface area (Å²) in [5.41, 5.74) is 5.66. The number of aryl methyl sites for hydroxylation is 1. The van der Waals surface area contributed by atoms with Gasteiger partial charge in [-0.25, -0.2) is 26.9 Å². The largest absolute Gasteiger partial charge is 0.482 e. The molecular weight excluding hydrogens is 475 g/mol. The Hall–Kier alpha value is -3.31. The third-order valence-electron chi connectivity index (χ3n) is 5.37. The van der Waals surface area contributed by atoms with E-state index in [1.54, 1.807) is 20.8 Å². The average molecular weight is 502 g/mol. The number of ether oxygens (including phenoxy) is 2. The lowest BCUT2D eigenvalue weighted by molar-refractivity contribution is -0.124. The Morgan fingerprint density at radius 1 is 1.34 bits per heavy atom. The summed E-state index contributed by atoms with van der Waals surface area (Å²) >= 11 is 0. The third kappa shape index (κ3) is 6.43. The highest BCUT2D eigenvalue weighted by Crippen LogP contribution is 2.45. The molecule has 0 bridgehead atoms. The van der Waals surface area contributed by atoms with E-state index in [1.807, 2.05) is 0 Å². The summed E-state index contributed by atoms with van der Waals surface area (Å²) in [5, 5.41) is 2.61. The minimum atomic E-state index is -2.80. The number of carbonyl (C=O) groups excluding carboxylic acids is 1. The highest BCUT2D eigenvalue weighted by atomic mass is 19.3. The number of nitrogens with two attached hydrogens (primary N) is 1. The number of pyridine rings is 1. The van der Waals surface area contributed by atoms with Crippen LogP contribution in [0.15, 0.2) is 41.9 Å². The second kappa shape index (κ2) is 10.1. The summed E-state index contributed by atoms with van der Waals surface area (Å²) in [6.45, 7) is 3.89. The van der Waals surface area contributed by atoms with Crippen LogP contribution in [-0.2, 0) is 4.74 Å². The molecule has 1 saturated carbocycles. The molecule has 0 unspecified atom stereocenters. The van der Waals surface area contributed by atoms with Crippen LogP contribution in [0, 0.1) is 6.92 Å². The van der Waals surface area contributed by atoms with Crippen molar-refractivity contribution in [2.75, 3.05) is 6.61 Å². The number of fused-ring (bicyclic) bond motifs is 1. The molecular formula is C23H27F5N4O3. The lowest BCUT2D eigenvalue weighted by Gasteiger charge is -2.45.